The Morgan fingerprint density at radius 1 is 0.963 bits per heavy atom. The van der Waals surface area contributed by atoms with Crippen LogP contribution < -0.4 is 9.64 Å². The van der Waals surface area contributed by atoms with E-state index in [2.05, 4.69) is 14.9 Å². The van der Waals surface area contributed by atoms with Crippen LogP contribution >= 0.6 is 0 Å². The summed E-state index contributed by atoms with van der Waals surface area (Å²) >= 11 is 0. The second kappa shape index (κ2) is 7.57. The molecule has 7 heteroatoms. The molecule has 0 aliphatic carbocycles. The number of aromatic nitrogens is 2. The molecule has 2 heterocycles. The predicted octanol–water partition coefficient (Wildman–Crippen LogP) is 3.48. The summed E-state index contributed by atoms with van der Waals surface area (Å²) in [5, 5.41) is 0.679. The van der Waals surface area contributed by atoms with Crippen LogP contribution in [0.3, 0.4) is 0 Å². The number of hydrogen-bond donors (Lipinski definition) is 0. The predicted molar refractivity (Wildman–Crippen MR) is 100 cm³/mol. The van der Waals surface area contributed by atoms with Gasteiger partial charge >= 0.3 is 6.09 Å². The number of para-hydroxylation sites is 2. The van der Waals surface area contributed by atoms with Gasteiger partial charge < -0.3 is 14.5 Å². The highest BCUT2D eigenvalue weighted by atomic mass is 19.1. The van der Waals surface area contributed by atoms with Crippen molar-refractivity contribution in [3.63, 3.8) is 0 Å². The number of carbonyl (C=O) groups excluding carboxylic acids is 1. The Morgan fingerprint density at radius 2 is 1.81 bits per heavy atom. The summed E-state index contributed by atoms with van der Waals surface area (Å²) in [7, 11) is 0. The third kappa shape index (κ3) is 3.67. The quantitative estimate of drug-likeness (QED) is 0.695. The van der Waals surface area contributed by atoms with Crippen LogP contribution in [0.1, 0.15) is 6.42 Å². The molecule has 0 saturated carbocycles. The first-order valence-electron chi connectivity index (χ1n) is 8.88. The van der Waals surface area contributed by atoms with Gasteiger partial charge in [-0.3, -0.25) is 0 Å². The minimum atomic E-state index is -0.362. The SMILES string of the molecule is O=C(Oc1ccccc1)N1CCCN(c2ncnc3c(F)cccc23)CC1. The van der Waals surface area contributed by atoms with Gasteiger partial charge in [0.2, 0.25) is 0 Å². The van der Waals surface area contributed by atoms with E-state index in [4.69, 9.17) is 4.74 Å². The molecule has 1 saturated heterocycles. The van der Waals surface area contributed by atoms with E-state index in [9.17, 15) is 9.18 Å². The molecule has 0 atom stereocenters. The van der Waals surface area contributed by atoms with Crippen LogP contribution in [-0.4, -0.2) is 47.1 Å². The van der Waals surface area contributed by atoms with Gasteiger partial charge in [0.25, 0.3) is 0 Å². The molecule has 0 N–H and O–H groups in total. The largest absolute Gasteiger partial charge is 0.415 e. The lowest BCUT2D eigenvalue weighted by molar-refractivity contribution is 0.155. The second-order valence-electron chi connectivity index (χ2n) is 6.34. The molecule has 0 bridgehead atoms. The van der Waals surface area contributed by atoms with Crippen LogP contribution in [0.2, 0.25) is 0 Å². The Labute approximate surface area is 156 Å². The molecule has 1 aromatic heterocycles. The Balaban J connectivity index is 1.49. The van der Waals surface area contributed by atoms with Crippen molar-refractivity contribution in [2.24, 2.45) is 0 Å². The highest BCUT2D eigenvalue weighted by molar-refractivity contribution is 5.89. The van der Waals surface area contributed by atoms with Crippen molar-refractivity contribution in [1.82, 2.24) is 14.9 Å². The van der Waals surface area contributed by atoms with Crippen LogP contribution in [0.15, 0.2) is 54.9 Å². The summed E-state index contributed by atoms with van der Waals surface area (Å²) in [5.41, 5.74) is 0.312. The lowest BCUT2D eigenvalue weighted by Crippen LogP contribution is -2.37. The summed E-state index contributed by atoms with van der Waals surface area (Å²) in [4.78, 5) is 24.6. The van der Waals surface area contributed by atoms with Gasteiger partial charge in [-0.15, -0.1) is 0 Å². The van der Waals surface area contributed by atoms with Gasteiger partial charge in [0.15, 0.2) is 0 Å². The van der Waals surface area contributed by atoms with Crippen molar-refractivity contribution in [2.75, 3.05) is 31.1 Å². The van der Waals surface area contributed by atoms with E-state index in [1.807, 2.05) is 24.3 Å². The van der Waals surface area contributed by atoms with Gasteiger partial charge in [-0.05, 0) is 30.7 Å². The summed E-state index contributed by atoms with van der Waals surface area (Å²) in [5.74, 6) is 0.859. The van der Waals surface area contributed by atoms with Crippen LogP contribution in [0.25, 0.3) is 10.9 Å². The number of ether oxygens (including phenoxy) is 1. The molecule has 1 aliphatic rings. The van der Waals surface area contributed by atoms with E-state index in [0.717, 1.165) is 13.0 Å². The molecule has 1 aliphatic heterocycles. The second-order valence-corrected chi connectivity index (χ2v) is 6.34. The van der Waals surface area contributed by atoms with Crippen molar-refractivity contribution >= 4 is 22.8 Å². The zero-order valence-corrected chi connectivity index (χ0v) is 14.7. The van der Waals surface area contributed by atoms with Crippen LogP contribution in [-0.2, 0) is 0 Å². The zero-order chi connectivity index (χ0) is 18.6. The topological polar surface area (TPSA) is 58.6 Å². The van der Waals surface area contributed by atoms with Gasteiger partial charge in [-0.2, -0.15) is 0 Å². The third-order valence-corrected chi connectivity index (χ3v) is 4.60. The molecule has 3 aromatic rings. The number of amides is 1. The van der Waals surface area contributed by atoms with Crippen molar-refractivity contribution in [3.8, 4) is 5.75 Å². The van der Waals surface area contributed by atoms with Gasteiger partial charge in [0, 0.05) is 31.6 Å². The Hall–Kier alpha value is -3.22. The first kappa shape index (κ1) is 17.2. The molecule has 6 nitrogen and oxygen atoms in total. The van der Waals surface area contributed by atoms with Gasteiger partial charge in [-0.25, -0.2) is 19.2 Å². The van der Waals surface area contributed by atoms with E-state index in [1.165, 1.54) is 12.4 Å². The maximum Gasteiger partial charge on any atom is 0.415 e. The lowest BCUT2D eigenvalue weighted by Gasteiger charge is -2.23. The fraction of sp³-hybridized carbons (Fsp3) is 0.250. The van der Waals surface area contributed by atoms with Crippen molar-refractivity contribution < 1.29 is 13.9 Å². The Kier molecular flexibility index (Phi) is 4.82. The maximum atomic E-state index is 14.0. The van der Waals surface area contributed by atoms with Crippen LogP contribution in [0.5, 0.6) is 5.75 Å². The molecular formula is C20H19FN4O2. The number of benzene rings is 2. The number of fused-ring (bicyclic) bond motifs is 1. The first-order valence-corrected chi connectivity index (χ1v) is 8.88. The summed E-state index contributed by atoms with van der Waals surface area (Å²) in [6.07, 6.45) is 1.79. The average molecular weight is 366 g/mol. The van der Waals surface area contributed by atoms with E-state index in [1.54, 1.807) is 23.1 Å². The van der Waals surface area contributed by atoms with Crippen LogP contribution in [0.4, 0.5) is 15.0 Å². The highest BCUT2D eigenvalue weighted by Crippen LogP contribution is 2.25. The Bertz CT molecular complexity index is 951. The molecule has 0 unspecified atom stereocenters. The number of halogens is 1. The Morgan fingerprint density at radius 3 is 2.67 bits per heavy atom. The molecular weight excluding hydrogens is 347 g/mol. The normalized spacial score (nSPS) is 14.9. The average Bonchev–Trinajstić information content (AvgIpc) is 2.95. The number of hydrogen-bond acceptors (Lipinski definition) is 5. The first-order chi connectivity index (χ1) is 13.2. The molecule has 0 spiro atoms. The molecule has 27 heavy (non-hydrogen) atoms. The molecule has 1 fully saturated rings. The minimum Gasteiger partial charge on any atom is -0.410 e. The smallest absolute Gasteiger partial charge is 0.410 e. The number of anilines is 1. The fourth-order valence-electron chi connectivity index (χ4n) is 3.26. The van der Waals surface area contributed by atoms with Crippen molar-refractivity contribution in [3.05, 3.63) is 60.7 Å². The standard InChI is InChI=1S/C20H19FN4O2/c21-17-9-4-8-16-18(17)22-14-23-19(16)24-10-5-11-25(13-12-24)20(26)27-15-6-2-1-3-7-15/h1-4,6-9,14H,5,10-13H2. The van der Waals surface area contributed by atoms with Gasteiger partial charge in [0.05, 0.1) is 0 Å². The maximum absolute atomic E-state index is 14.0. The molecule has 138 valence electrons. The fourth-order valence-corrected chi connectivity index (χ4v) is 3.26. The van der Waals surface area contributed by atoms with Gasteiger partial charge in [-0.1, -0.05) is 24.3 Å². The molecule has 2 aromatic carbocycles. The monoisotopic (exact) mass is 366 g/mol. The zero-order valence-electron chi connectivity index (χ0n) is 14.7. The number of carbonyl (C=O) groups is 1. The van der Waals surface area contributed by atoms with E-state index >= 15 is 0 Å². The highest BCUT2D eigenvalue weighted by Gasteiger charge is 2.22. The molecule has 4 rings (SSSR count). The van der Waals surface area contributed by atoms with Crippen LogP contribution in [0, 0.1) is 5.82 Å². The van der Waals surface area contributed by atoms with Crippen molar-refractivity contribution in [1.29, 1.82) is 0 Å². The van der Waals surface area contributed by atoms with E-state index < -0.39 is 0 Å². The van der Waals surface area contributed by atoms with E-state index in [-0.39, 0.29) is 11.9 Å². The summed E-state index contributed by atoms with van der Waals surface area (Å²) in [6.45, 7) is 2.41. The summed E-state index contributed by atoms with van der Waals surface area (Å²) < 4.78 is 19.4. The lowest BCUT2D eigenvalue weighted by atomic mass is 10.2. The number of rotatable bonds is 2. The number of nitrogens with zero attached hydrogens (tertiary/aromatic N) is 4. The summed E-state index contributed by atoms with van der Waals surface area (Å²) in [6, 6.07) is 13.9. The van der Waals surface area contributed by atoms with Crippen molar-refractivity contribution in [2.45, 2.75) is 6.42 Å². The van der Waals surface area contributed by atoms with Gasteiger partial charge in [0.1, 0.15) is 29.2 Å². The molecule has 1 amide bonds. The minimum absolute atomic E-state index is 0.312. The third-order valence-electron chi connectivity index (χ3n) is 4.60. The molecule has 0 radical (unpaired) electrons. The van der Waals surface area contributed by atoms with E-state index in [0.29, 0.717) is 42.1 Å².